The summed E-state index contributed by atoms with van der Waals surface area (Å²) in [5.74, 6) is 0.208. The maximum Gasteiger partial charge on any atom is 0.228 e. The van der Waals surface area contributed by atoms with Crippen molar-refractivity contribution in [3.63, 3.8) is 0 Å². The summed E-state index contributed by atoms with van der Waals surface area (Å²) in [6.45, 7) is 1.81. The molecule has 0 bridgehead atoms. The van der Waals surface area contributed by atoms with Gasteiger partial charge < -0.3 is 10.6 Å². The molecule has 0 aromatic heterocycles. The van der Waals surface area contributed by atoms with E-state index in [4.69, 9.17) is 0 Å². The molecule has 1 aliphatic heterocycles. The predicted molar refractivity (Wildman–Crippen MR) is 68.4 cm³/mol. The Hall–Kier alpha value is -0.870. The minimum absolute atomic E-state index is 0.0980. The largest absolute Gasteiger partial charge is 0.325 e. The number of hydrogen-bond donors (Lipinski definition) is 2. The number of rotatable bonds is 2. The molecule has 0 radical (unpaired) electrons. The van der Waals surface area contributed by atoms with Crippen LogP contribution >= 0.6 is 15.9 Å². The lowest BCUT2D eigenvalue weighted by molar-refractivity contribution is -0.120. The third kappa shape index (κ3) is 2.83. The third-order valence-corrected chi connectivity index (χ3v) is 3.49. The van der Waals surface area contributed by atoms with E-state index < -0.39 is 0 Å². The zero-order valence-corrected chi connectivity index (χ0v) is 10.6. The number of nitrogens with one attached hydrogen (secondary N) is 2. The first-order valence-electron chi connectivity index (χ1n) is 5.53. The second-order valence-electron chi connectivity index (χ2n) is 4.01. The van der Waals surface area contributed by atoms with E-state index in [-0.39, 0.29) is 11.8 Å². The number of carbonyl (C=O) groups is 1. The Morgan fingerprint density at radius 3 is 2.94 bits per heavy atom. The first-order chi connectivity index (χ1) is 7.77. The summed E-state index contributed by atoms with van der Waals surface area (Å²) >= 11 is 3.42. The minimum Gasteiger partial charge on any atom is -0.325 e. The average Bonchev–Trinajstić information content (AvgIpc) is 2.33. The van der Waals surface area contributed by atoms with Gasteiger partial charge in [-0.2, -0.15) is 0 Å². The number of amides is 1. The van der Waals surface area contributed by atoms with Crippen LogP contribution in [0.3, 0.4) is 0 Å². The summed E-state index contributed by atoms with van der Waals surface area (Å²) < 4.78 is 0.923. The molecule has 16 heavy (non-hydrogen) atoms. The van der Waals surface area contributed by atoms with Gasteiger partial charge in [0, 0.05) is 11.0 Å². The molecule has 4 heteroatoms. The molecule has 1 saturated heterocycles. The molecule has 0 spiro atoms. The molecule has 1 aromatic carbocycles. The lowest BCUT2D eigenvalue weighted by Crippen LogP contribution is -2.37. The van der Waals surface area contributed by atoms with Crippen molar-refractivity contribution in [3.8, 4) is 0 Å². The zero-order valence-electron chi connectivity index (χ0n) is 9.00. The maximum atomic E-state index is 11.9. The van der Waals surface area contributed by atoms with Crippen LogP contribution in [0.25, 0.3) is 0 Å². The van der Waals surface area contributed by atoms with Gasteiger partial charge in [-0.25, -0.2) is 0 Å². The molecular weight excluding hydrogens is 268 g/mol. The van der Waals surface area contributed by atoms with E-state index in [1.54, 1.807) is 0 Å². The van der Waals surface area contributed by atoms with E-state index in [2.05, 4.69) is 26.6 Å². The van der Waals surface area contributed by atoms with Gasteiger partial charge in [0.15, 0.2) is 0 Å². The molecular formula is C12H15BrN2O. The number of hydrogen-bond acceptors (Lipinski definition) is 2. The lowest BCUT2D eigenvalue weighted by atomic mass is 9.99. The Kier molecular flexibility index (Phi) is 3.96. The van der Waals surface area contributed by atoms with Gasteiger partial charge in [0.25, 0.3) is 0 Å². The standard InChI is InChI=1S/C12H15BrN2O/c13-10-5-1-2-6-11(10)15-12(16)9-4-3-7-14-8-9/h1-2,5-6,9,14H,3-4,7-8H2,(H,15,16)/t9-/m0/s1. The minimum atomic E-state index is 0.0980. The Morgan fingerprint density at radius 2 is 2.25 bits per heavy atom. The van der Waals surface area contributed by atoms with Crippen LogP contribution in [0.1, 0.15) is 12.8 Å². The molecule has 1 amide bonds. The fraction of sp³-hybridized carbons (Fsp3) is 0.417. The Morgan fingerprint density at radius 1 is 1.44 bits per heavy atom. The molecule has 1 fully saturated rings. The number of piperidine rings is 1. The number of anilines is 1. The van der Waals surface area contributed by atoms with Crippen molar-refractivity contribution in [2.45, 2.75) is 12.8 Å². The van der Waals surface area contributed by atoms with E-state index in [1.165, 1.54) is 0 Å². The maximum absolute atomic E-state index is 11.9. The topological polar surface area (TPSA) is 41.1 Å². The van der Waals surface area contributed by atoms with Gasteiger partial charge in [-0.05, 0) is 47.4 Å². The molecule has 2 N–H and O–H groups in total. The highest BCUT2D eigenvalue weighted by Crippen LogP contribution is 2.22. The van der Waals surface area contributed by atoms with Gasteiger partial charge in [-0.15, -0.1) is 0 Å². The molecule has 1 atom stereocenters. The average molecular weight is 283 g/mol. The van der Waals surface area contributed by atoms with E-state index in [1.807, 2.05) is 24.3 Å². The lowest BCUT2D eigenvalue weighted by Gasteiger charge is -2.22. The van der Waals surface area contributed by atoms with E-state index in [0.29, 0.717) is 0 Å². The molecule has 2 rings (SSSR count). The highest BCUT2D eigenvalue weighted by Gasteiger charge is 2.21. The second-order valence-corrected chi connectivity index (χ2v) is 4.87. The first-order valence-corrected chi connectivity index (χ1v) is 6.33. The van der Waals surface area contributed by atoms with Crippen molar-refractivity contribution in [3.05, 3.63) is 28.7 Å². The second kappa shape index (κ2) is 5.46. The van der Waals surface area contributed by atoms with Crippen LogP contribution in [0.5, 0.6) is 0 Å². The van der Waals surface area contributed by atoms with Gasteiger partial charge in [-0.1, -0.05) is 12.1 Å². The monoisotopic (exact) mass is 282 g/mol. The predicted octanol–water partition coefficient (Wildman–Crippen LogP) is 2.39. The SMILES string of the molecule is O=C(Nc1ccccc1Br)[C@H]1CCCNC1. The quantitative estimate of drug-likeness (QED) is 0.875. The van der Waals surface area contributed by atoms with E-state index in [9.17, 15) is 4.79 Å². The van der Waals surface area contributed by atoms with Crippen molar-refractivity contribution in [2.24, 2.45) is 5.92 Å². The van der Waals surface area contributed by atoms with Gasteiger partial charge in [-0.3, -0.25) is 4.79 Å². The molecule has 1 aromatic rings. The van der Waals surface area contributed by atoms with Gasteiger partial charge in [0.2, 0.25) is 5.91 Å². The van der Waals surface area contributed by atoms with Crippen molar-refractivity contribution in [1.29, 1.82) is 0 Å². The molecule has 86 valence electrons. The fourth-order valence-corrected chi connectivity index (χ4v) is 2.26. The first kappa shape index (κ1) is 11.6. The number of carbonyl (C=O) groups excluding carboxylic acids is 1. The third-order valence-electron chi connectivity index (χ3n) is 2.80. The van der Waals surface area contributed by atoms with Gasteiger partial charge in [0.05, 0.1) is 11.6 Å². The van der Waals surface area contributed by atoms with Crippen LogP contribution in [-0.2, 0) is 4.79 Å². The van der Waals surface area contributed by atoms with Crippen LogP contribution in [-0.4, -0.2) is 19.0 Å². The summed E-state index contributed by atoms with van der Waals surface area (Å²) in [6.07, 6.45) is 2.05. The van der Waals surface area contributed by atoms with Crippen molar-refractivity contribution in [1.82, 2.24) is 5.32 Å². The van der Waals surface area contributed by atoms with Crippen molar-refractivity contribution >= 4 is 27.5 Å². The molecule has 0 aliphatic carbocycles. The smallest absolute Gasteiger partial charge is 0.228 e. The van der Waals surface area contributed by atoms with Gasteiger partial charge >= 0.3 is 0 Å². The summed E-state index contributed by atoms with van der Waals surface area (Å²) in [5, 5.41) is 6.20. The molecule has 0 unspecified atom stereocenters. The normalized spacial score (nSPS) is 20.4. The number of benzene rings is 1. The highest BCUT2D eigenvalue weighted by molar-refractivity contribution is 9.10. The Balaban J connectivity index is 1.99. The number of para-hydroxylation sites is 1. The molecule has 1 heterocycles. The van der Waals surface area contributed by atoms with Crippen LogP contribution in [0, 0.1) is 5.92 Å². The Labute approximate surface area is 104 Å². The highest BCUT2D eigenvalue weighted by atomic mass is 79.9. The summed E-state index contributed by atoms with van der Waals surface area (Å²) in [4.78, 5) is 11.9. The van der Waals surface area contributed by atoms with Crippen molar-refractivity contribution in [2.75, 3.05) is 18.4 Å². The summed E-state index contributed by atoms with van der Waals surface area (Å²) in [7, 11) is 0. The van der Waals surface area contributed by atoms with Crippen molar-refractivity contribution < 1.29 is 4.79 Å². The van der Waals surface area contributed by atoms with Crippen LogP contribution in [0.4, 0.5) is 5.69 Å². The zero-order chi connectivity index (χ0) is 11.4. The molecule has 3 nitrogen and oxygen atoms in total. The summed E-state index contributed by atoms with van der Waals surface area (Å²) in [6, 6.07) is 7.67. The Bertz CT molecular complexity index is 375. The summed E-state index contributed by atoms with van der Waals surface area (Å²) in [5.41, 5.74) is 0.845. The molecule has 1 aliphatic rings. The van der Waals surface area contributed by atoms with E-state index in [0.717, 1.165) is 36.1 Å². The molecule has 0 saturated carbocycles. The van der Waals surface area contributed by atoms with E-state index >= 15 is 0 Å². The van der Waals surface area contributed by atoms with Crippen LogP contribution in [0.2, 0.25) is 0 Å². The number of halogens is 1. The van der Waals surface area contributed by atoms with Crippen LogP contribution < -0.4 is 10.6 Å². The fourth-order valence-electron chi connectivity index (χ4n) is 1.87. The van der Waals surface area contributed by atoms with Gasteiger partial charge in [0.1, 0.15) is 0 Å². The van der Waals surface area contributed by atoms with Crippen LogP contribution in [0.15, 0.2) is 28.7 Å².